The van der Waals surface area contributed by atoms with Gasteiger partial charge in [0.05, 0.1) is 16.5 Å². The number of carbonyl (C=O) groups is 1. The molecule has 0 heterocycles. The first-order chi connectivity index (χ1) is 15.4. The summed E-state index contributed by atoms with van der Waals surface area (Å²) in [4.78, 5) is 12.7. The molecule has 6 heteroatoms. The van der Waals surface area contributed by atoms with Crippen LogP contribution < -0.4 is 0 Å². The van der Waals surface area contributed by atoms with Crippen molar-refractivity contribution in [2.75, 3.05) is 13.1 Å². The molecule has 0 spiro atoms. The molecule has 0 aromatic heterocycles. The summed E-state index contributed by atoms with van der Waals surface area (Å²) in [5.74, 6) is -0.223. The van der Waals surface area contributed by atoms with Crippen molar-refractivity contribution >= 4 is 21.9 Å². The second kappa shape index (κ2) is 12.9. The Labute approximate surface area is 192 Å². The maximum atomic E-state index is 13.2. The number of carbonyl (C=O) groups excluding carboxylic acids is 1. The molecular formula is C26H32N2O3S. The van der Waals surface area contributed by atoms with E-state index in [2.05, 4.69) is 19.9 Å². The van der Waals surface area contributed by atoms with Crippen molar-refractivity contribution < 1.29 is 13.2 Å². The molecule has 0 saturated heterocycles. The van der Waals surface area contributed by atoms with Gasteiger partial charge in [-0.2, -0.15) is 9.57 Å². The molecular weight excluding hydrogens is 420 g/mol. The summed E-state index contributed by atoms with van der Waals surface area (Å²) >= 11 is 0. The Hall–Kier alpha value is -2.75. The molecule has 0 bridgehead atoms. The molecule has 0 amide bonds. The van der Waals surface area contributed by atoms with Crippen molar-refractivity contribution in [3.63, 3.8) is 0 Å². The fraction of sp³-hybridized carbons (Fsp3) is 0.385. The van der Waals surface area contributed by atoms with Crippen LogP contribution in [0.2, 0.25) is 0 Å². The number of nitrogens with zero attached hydrogens (tertiary/aromatic N) is 2. The van der Waals surface area contributed by atoms with Gasteiger partial charge in [0, 0.05) is 18.7 Å². The van der Waals surface area contributed by atoms with Crippen LogP contribution in [0.3, 0.4) is 0 Å². The monoisotopic (exact) mass is 452 g/mol. The molecule has 0 saturated carbocycles. The lowest BCUT2D eigenvalue weighted by Crippen LogP contribution is -2.33. The Morgan fingerprint density at radius 2 is 1.59 bits per heavy atom. The van der Waals surface area contributed by atoms with Gasteiger partial charge in [-0.05, 0) is 60.9 Å². The zero-order chi connectivity index (χ0) is 23.4. The molecule has 32 heavy (non-hydrogen) atoms. The van der Waals surface area contributed by atoms with E-state index < -0.39 is 10.0 Å². The van der Waals surface area contributed by atoms with Gasteiger partial charge in [-0.25, -0.2) is 8.42 Å². The maximum Gasteiger partial charge on any atom is 0.243 e. The second-order valence-electron chi connectivity index (χ2n) is 7.78. The van der Waals surface area contributed by atoms with Gasteiger partial charge in [-0.1, -0.05) is 57.7 Å². The van der Waals surface area contributed by atoms with E-state index in [0.717, 1.165) is 44.1 Å². The van der Waals surface area contributed by atoms with Crippen LogP contribution in [0.4, 0.5) is 0 Å². The molecule has 0 N–H and O–H groups in total. The van der Waals surface area contributed by atoms with Crippen molar-refractivity contribution in [2.24, 2.45) is 0 Å². The minimum Gasteiger partial charge on any atom is -0.289 e. The third kappa shape index (κ3) is 7.44. The predicted octanol–water partition coefficient (Wildman–Crippen LogP) is 5.83. The molecule has 0 unspecified atom stereocenters. The van der Waals surface area contributed by atoms with E-state index >= 15 is 0 Å². The van der Waals surface area contributed by atoms with Gasteiger partial charge in [0.1, 0.15) is 0 Å². The molecule has 5 nitrogen and oxygen atoms in total. The van der Waals surface area contributed by atoms with Crippen LogP contribution in [0.5, 0.6) is 0 Å². The van der Waals surface area contributed by atoms with Crippen LogP contribution in [0.1, 0.15) is 73.9 Å². The topological polar surface area (TPSA) is 78.2 Å². The van der Waals surface area contributed by atoms with E-state index in [-0.39, 0.29) is 10.7 Å². The first-order valence-electron chi connectivity index (χ1n) is 11.2. The second-order valence-corrected chi connectivity index (χ2v) is 9.72. The largest absolute Gasteiger partial charge is 0.289 e. The van der Waals surface area contributed by atoms with Crippen LogP contribution in [0.15, 0.2) is 59.5 Å². The molecule has 0 fully saturated rings. The summed E-state index contributed by atoms with van der Waals surface area (Å²) in [5.41, 5.74) is 1.70. The van der Waals surface area contributed by atoms with Gasteiger partial charge in [0.2, 0.25) is 10.0 Å². The number of allylic oxidation sites excluding steroid dienone is 1. The minimum atomic E-state index is -3.59. The van der Waals surface area contributed by atoms with Crippen molar-refractivity contribution in [3.05, 3.63) is 71.3 Å². The Bertz CT molecular complexity index is 1040. The van der Waals surface area contributed by atoms with Gasteiger partial charge >= 0.3 is 0 Å². The van der Waals surface area contributed by atoms with Gasteiger partial charge in [0.15, 0.2) is 5.78 Å². The number of nitriles is 1. The number of ketones is 1. The van der Waals surface area contributed by atoms with Crippen molar-refractivity contribution in [1.29, 1.82) is 5.26 Å². The summed E-state index contributed by atoms with van der Waals surface area (Å²) in [5, 5.41) is 8.98. The highest BCUT2D eigenvalue weighted by atomic mass is 32.2. The van der Waals surface area contributed by atoms with Crippen LogP contribution in [0.25, 0.3) is 6.08 Å². The maximum absolute atomic E-state index is 13.2. The summed E-state index contributed by atoms with van der Waals surface area (Å²) < 4.78 is 27.9. The summed E-state index contributed by atoms with van der Waals surface area (Å²) in [6, 6.07) is 15.2. The third-order valence-corrected chi connectivity index (χ3v) is 7.15. The van der Waals surface area contributed by atoms with E-state index in [0.29, 0.717) is 24.2 Å². The van der Waals surface area contributed by atoms with Crippen LogP contribution >= 0.6 is 0 Å². The molecule has 0 aliphatic carbocycles. The average molecular weight is 453 g/mol. The van der Waals surface area contributed by atoms with Gasteiger partial charge in [-0.15, -0.1) is 0 Å². The SMILES string of the molecule is CCCCCN(CCCCC)S(=O)(=O)c1ccc(C(=O)/C=C/c2cccc(C#N)c2)cc1. The first-order valence-corrected chi connectivity index (χ1v) is 12.7. The van der Waals surface area contributed by atoms with Gasteiger partial charge in [0.25, 0.3) is 0 Å². The van der Waals surface area contributed by atoms with Gasteiger partial charge in [-0.3, -0.25) is 4.79 Å². The predicted molar refractivity (Wildman–Crippen MR) is 129 cm³/mol. The van der Waals surface area contributed by atoms with Crippen molar-refractivity contribution in [3.8, 4) is 6.07 Å². The number of unbranched alkanes of at least 4 members (excludes halogenated alkanes) is 4. The van der Waals surface area contributed by atoms with E-state index in [1.54, 1.807) is 40.7 Å². The molecule has 0 atom stereocenters. The van der Waals surface area contributed by atoms with Crippen molar-refractivity contribution in [2.45, 2.75) is 57.3 Å². The standard InChI is InChI=1S/C26H32N2O3S/c1-3-5-7-18-28(19-8-6-4-2)32(30,31)25-15-13-24(14-16-25)26(29)17-12-22-10-9-11-23(20-22)21-27/h9-17,20H,3-8,18-19H2,1-2H3/b17-12+. The Balaban J connectivity index is 2.14. The van der Waals surface area contributed by atoms with E-state index in [4.69, 9.17) is 5.26 Å². The quantitative estimate of drug-likeness (QED) is 0.218. The summed E-state index contributed by atoms with van der Waals surface area (Å²) in [7, 11) is -3.59. The average Bonchev–Trinajstić information content (AvgIpc) is 2.82. The Morgan fingerprint density at radius 3 is 2.16 bits per heavy atom. The van der Waals surface area contributed by atoms with Crippen LogP contribution in [-0.4, -0.2) is 31.6 Å². The fourth-order valence-electron chi connectivity index (χ4n) is 3.35. The summed E-state index contributed by atoms with van der Waals surface area (Å²) in [6.07, 6.45) is 8.83. The lowest BCUT2D eigenvalue weighted by atomic mass is 10.1. The van der Waals surface area contributed by atoms with E-state index in [1.807, 2.05) is 6.07 Å². The molecule has 2 aromatic rings. The smallest absolute Gasteiger partial charge is 0.243 e. The normalized spacial score (nSPS) is 11.7. The zero-order valence-electron chi connectivity index (χ0n) is 19.0. The lowest BCUT2D eigenvalue weighted by Gasteiger charge is -2.22. The molecule has 0 aliphatic heterocycles. The van der Waals surface area contributed by atoms with E-state index in [9.17, 15) is 13.2 Å². The number of rotatable bonds is 13. The lowest BCUT2D eigenvalue weighted by molar-refractivity contribution is 0.104. The molecule has 2 rings (SSSR count). The minimum absolute atomic E-state index is 0.216. The fourth-order valence-corrected chi connectivity index (χ4v) is 4.87. The number of sulfonamides is 1. The summed E-state index contributed by atoms with van der Waals surface area (Å²) in [6.45, 7) is 5.23. The van der Waals surface area contributed by atoms with Crippen LogP contribution in [-0.2, 0) is 10.0 Å². The first kappa shape index (κ1) is 25.5. The zero-order valence-corrected chi connectivity index (χ0v) is 19.8. The molecule has 0 aliphatic rings. The number of hydrogen-bond donors (Lipinski definition) is 0. The Morgan fingerprint density at radius 1 is 0.969 bits per heavy atom. The van der Waals surface area contributed by atoms with E-state index in [1.165, 1.54) is 18.2 Å². The van der Waals surface area contributed by atoms with Gasteiger partial charge < -0.3 is 0 Å². The van der Waals surface area contributed by atoms with Crippen molar-refractivity contribution in [1.82, 2.24) is 4.31 Å². The highest BCUT2D eigenvalue weighted by Gasteiger charge is 2.23. The molecule has 170 valence electrons. The highest BCUT2D eigenvalue weighted by molar-refractivity contribution is 7.89. The molecule has 0 radical (unpaired) electrons. The Kier molecular flexibility index (Phi) is 10.3. The number of benzene rings is 2. The molecule has 2 aromatic carbocycles. The number of hydrogen-bond acceptors (Lipinski definition) is 4. The van der Waals surface area contributed by atoms with Crippen LogP contribution in [0, 0.1) is 11.3 Å². The highest BCUT2D eigenvalue weighted by Crippen LogP contribution is 2.19. The third-order valence-electron chi connectivity index (χ3n) is 5.24.